The number of benzene rings is 1. The minimum atomic E-state index is -0.499. The maximum atomic E-state index is 12.2. The van der Waals surface area contributed by atoms with Gasteiger partial charge in [0.05, 0.1) is 11.0 Å². The van der Waals surface area contributed by atoms with Crippen molar-refractivity contribution in [2.45, 2.75) is 18.9 Å². The lowest BCUT2D eigenvalue weighted by Gasteiger charge is -2.09. The summed E-state index contributed by atoms with van der Waals surface area (Å²) in [6, 6.07) is 11.1. The summed E-state index contributed by atoms with van der Waals surface area (Å²) in [6.07, 6.45) is 3.18. The van der Waals surface area contributed by atoms with Gasteiger partial charge in [-0.05, 0) is 25.0 Å². The fourth-order valence-electron chi connectivity index (χ4n) is 2.76. The molecule has 1 aromatic heterocycles. The average Bonchev–Trinajstić information content (AvgIpc) is 3.36. The topological polar surface area (TPSA) is 118 Å². The Morgan fingerprint density at radius 3 is 2.96 bits per heavy atom. The Hall–Kier alpha value is -3.44. The molecule has 138 valence electrons. The van der Waals surface area contributed by atoms with Gasteiger partial charge in [-0.25, -0.2) is 0 Å². The maximum absolute atomic E-state index is 12.2. The highest BCUT2D eigenvalue weighted by Gasteiger charge is 2.18. The first-order valence-corrected chi connectivity index (χ1v) is 8.43. The first-order chi connectivity index (χ1) is 13.1. The zero-order valence-corrected chi connectivity index (χ0v) is 14.4. The molecule has 27 heavy (non-hydrogen) atoms. The summed E-state index contributed by atoms with van der Waals surface area (Å²) < 4.78 is 11.0. The Bertz CT molecular complexity index is 919. The summed E-state index contributed by atoms with van der Waals surface area (Å²) in [5.74, 6) is 0.212. The highest BCUT2D eigenvalue weighted by molar-refractivity contribution is 6.01. The van der Waals surface area contributed by atoms with Crippen molar-refractivity contribution in [2.75, 3.05) is 13.2 Å². The van der Waals surface area contributed by atoms with Gasteiger partial charge in [-0.2, -0.15) is 5.26 Å². The number of carbonyl (C=O) groups excluding carboxylic acids is 1. The van der Waals surface area contributed by atoms with Crippen LogP contribution in [0.1, 0.15) is 18.6 Å². The van der Waals surface area contributed by atoms with Crippen molar-refractivity contribution in [2.24, 2.45) is 0 Å². The molecule has 0 saturated carbocycles. The molecule has 0 spiro atoms. The van der Waals surface area contributed by atoms with Gasteiger partial charge in [0.25, 0.3) is 11.6 Å². The minimum Gasteiger partial charge on any atom is -0.457 e. The molecule has 0 radical (unpaired) electrons. The number of ether oxygens (including phenoxy) is 1. The van der Waals surface area contributed by atoms with Crippen LogP contribution in [-0.4, -0.2) is 30.1 Å². The van der Waals surface area contributed by atoms with E-state index in [0.29, 0.717) is 30.2 Å². The highest BCUT2D eigenvalue weighted by Crippen LogP contribution is 2.26. The Morgan fingerprint density at radius 1 is 1.41 bits per heavy atom. The molecule has 1 aliphatic heterocycles. The number of nitrogens with zero attached hydrogens (tertiary/aromatic N) is 2. The molecule has 2 heterocycles. The fraction of sp³-hybridized carbons (Fsp3) is 0.263. The van der Waals surface area contributed by atoms with Crippen LogP contribution in [0.3, 0.4) is 0 Å². The van der Waals surface area contributed by atoms with Crippen molar-refractivity contribution >= 4 is 17.7 Å². The lowest BCUT2D eigenvalue weighted by Crippen LogP contribution is -2.32. The van der Waals surface area contributed by atoms with Gasteiger partial charge in [-0.3, -0.25) is 14.9 Å². The molecule has 1 amide bonds. The standard InChI is InChI=1S/C19H17N3O5/c20-11-14(19(23)21-12-17-5-2-8-26-17)10-16-6-7-18(27-16)13-3-1-4-15(9-13)22(24)25/h1,3-4,6-7,9-10,17H,2,5,8,12H2,(H,21,23)/b14-10+/t17-/m1/s1. The van der Waals surface area contributed by atoms with Crippen molar-refractivity contribution in [3.8, 4) is 17.4 Å². The third kappa shape index (κ3) is 4.59. The number of rotatable bonds is 6. The van der Waals surface area contributed by atoms with Gasteiger partial charge in [-0.1, -0.05) is 12.1 Å². The zero-order valence-electron chi connectivity index (χ0n) is 14.4. The van der Waals surface area contributed by atoms with Gasteiger partial charge >= 0.3 is 0 Å². The quantitative estimate of drug-likeness (QED) is 0.363. The van der Waals surface area contributed by atoms with Crippen LogP contribution in [0.2, 0.25) is 0 Å². The van der Waals surface area contributed by atoms with E-state index in [1.54, 1.807) is 24.3 Å². The lowest BCUT2D eigenvalue weighted by atomic mass is 10.1. The average molecular weight is 367 g/mol. The molecule has 2 aromatic rings. The Balaban J connectivity index is 1.72. The second-order valence-corrected chi connectivity index (χ2v) is 6.02. The number of furan rings is 1. The van der Waals surface area contributed by atoms with Crippen LogP contribution < -0.4 is 5.32 Å². The SMILES string of the molecule is N#C/C(=C\c1ccc(-c2cccc([N+](=O)[O-])c2)o1)C(=O)NC[C@H]1CCCO1. The molecule has 1 aromatic carbocycles. The molecule has 0 aliphatic carbocycles. The predicted molar refractivity (Wildman–Crippen MR) is 96.4 cm³/mol. The summed E-state index contributed by atoms with van der Waals surface area (Å²) in [7, 11) is 0. The second-order valence-electron chi connectivity index (χ2n) is 6.02. The van der Waals surface area contributed by atoms with E-state index in [1.807, 2.05) is 6.07 Å². The Morgan fingerprint density at radius 2 is 2.26 bits per heavy atom. The number of nitriles is 1. The molecule has 1 atom stereocenters. The molecule has 1 aliphatic rings. The first kappa shape index (κ1) is 18.4. The number of nitrogens with one attached hydrogen (secondary N) is 1. The third-order valence-corrected chi connectivity index (χ3v) is 4.13. The van der Waals surface area contributed by atoms with E-state index < -0.39 is 10.8 Å². The van der Waals surface area contributed by atoms with Crippen LogP contribution in [0.4, 0.5) is 5.69 Å². The highest BCUT2D eigenvalue weighted by atomic mass is 16.6. The van der Waals surface area contributed by atoms with Crippen molar-refractivity contribution < 1.29 is 18.9 Å². The summed E-state index contributed by atoms with van der Waals surface area (Å²) >= 11 is 0. The number of hydrogen-bond donors (Lipinski definition) is 1. The van der Waals surface area contributed by atoms with Gasteiger partial charge in [0.15, 0.2) is 0 Å². The van der Waals surface area contributed by atoms with Gasteiger partial charge in [0.1, 0.15) is 23.2 Å². The van der Waals surface area contributed by atoms with E-state index in [2.05, 4.69) is 5.32 Å². The molecule has 8 heteroatoms. The summed E-state index contributed by atoms with van der Waals surface area (Å²) in [4.78, 5) is 22.6. The normalized spacial score (nSPS) is 16.7. The fourth-order valence-corrected chi connectivity index (χ4v) is 2.76. The van der Waals surface area contributed by atoms with E-state index in [4.69, 9.17) is 9.15 Å². The molecule has 1 fully saturated rings. The van der Waals surface area contributed by atoms with Gasteiger partial charge in [0, 0.05) is 36.9 Å². The van der Waals surface area contributed by atoms with Crippen LogP contribution in [0, 0.1) is 21.4 Å². The number of carbonyl (C=O) groups is 1. The zero-order chi connectivity index (χ0) is 19.2. The second kappa shape index (κ2) is 8.29. The van der Waals surface area contributed by atoms with Crippen molar-refractivity contribution in [1.82, 2.24) is 5.32 Å². The number of hydrogen-bond acceptors (Lipinski definition) is 6. The largest absolute Gasteiger partial charge is 0.457 e. The Kier molecular flexibility index (Phi) is 5.64. The van der Waals surface area contributed by atoms with Crippen molar-refractivity contribution in [3.63, 3.8) is 0 Å². The molecule has 1 N–H and O–H groups in total. The van der Waals surface area contributed by atoms with Crippen molar-refractivity contribution in [1.29, 1.82) is 5.26 Å². The van der Waals surface area contributed by atoms with Crippen LogP contribution in [0.25, 0.3) is 17.4 Å². The Labute approximate surface area is 155 Å². The van der Waals surface area contributed by atoms with Gasteiger partial charge in [0.2, 0.25) is 0 Å². The summed E-state index contributed by atoms with van der Waals surface area (Å²) in [5.41, 5.74) is 0.394. The maximum Gasteiger partial charge on any atom is 0.270 e. The smallest absolute Gasteiger partial charge is 0.270 e. The molecule has 8 nitrogen and oxygen atoms in total. The van der Waals surface area contributed by atoms with E-state index in [1.165, 1.54) is 18.2 Å². The summed E-state index contributed by atoms with van der Waals surface area (Å²) in [5, 5.41) is 22.8. The van der Waals surface area contributed by atoms with Gasteiger partial charge < -0.3 is 14.5 Å². The van der Waals surface area contributed by atoms with Crippen molar-refractivity contribution in [3.05, 3.63) is 57.8 Å². The monoisotopic (exact) mass is 367 g/mol. The van der Waals surface area contributed by atoms with E-state index in [9.17, 15) is 20.2 Å². The van der Waals surface area contributed by atoms with Crippen LogP contribution in [0.15, 0.2) is 46.4 Å². The van der Waals surface area contributed by atoms with Gasteiger partial charge in [-0.15, -0.1) is 0 Å². The predicted octanol–water partition coefficient (Wildman–Crippen LogP) is 3.06. The van der Waals surface area contributed by atoms with Crippen LogP contribution in [0.5, 0.6) is 0 Å². The molecule has 1 saturated heterocycles. The molecule has 0 bridgehead atoms. The molecular formula is C19H17N3O5. The first-order valence-electron chi connectivity index (χ1n) is 8.43. The molecule has 0 unspecified atom stereocenters. The number of nitro benzene ring substituents is 1. The molecular weight excluding hydrogens is 350 g/mol. The number of non-ortho nitro benzene ring substituents is 1. The van der Waals surface area contributed by atoms with Crippen LogP contribution >= 0.6 is 0 Å². The number of amides is 1. The number of nitro groups is 1. The van der Waals surface area contributed by atoms with Crippen LogP contribution in [-0.2, 0) is 9.53 Å². The van der Waals surface area contributed by atoms with E-state index >= 15 is 0 Å². The summed E-state index contributed by atoms with van der Waals surface area (Å²) in [6.45, 7) is 1.04. The van der Waals surface area contributed by atoms with E-state index in [-0.39, 0.29) is 17.4 Å². The minimum absolute atomic E-state index is 0.0158. The van der Waals surface area contributed by atoms with E-state index in [0.717, 1.165) is 12.8 Å². The molecule has 3 rings (SSSR count). The third-order valence-electron chi connectivity index (χ3n) is 4.13. The lowest BCUT2D eigenvalue weighted by molar-refractivity contribution is -0.384.